The number of allylic oxidation sites excluding steroid dienone is 1. The summed E-state index contributed by atoms with van der Waals surface area (Å²) in [4.78, 5) is 0. The summed E-state index contributed by atoms with van der Waals surface area (Å²) in [5.41, 5.74) is 0. The highest BCUT2D eigenvalue weighted by atomic mass is 16.3. The van der Waals surface area contributed by atoms with Gasteiger partial charge >= 0.3 is 0 Å². The number of rotatable bonds is 1. The highest BCUT2D eigenvalue weighted by Crippen LogP contribution is 2.26. The van der Waals surface area contributed by atoms with Gasteiger partial charge in [0.25, 0.3) is 0 Å². The Morgan fingerprint density at radius 2 is 2.22 bits per heavy atom. The van der Waals surface area contributed by atoms with Gasteiger partial charge in [0.1, 0.15) is 0 Å². The fourth-order valence-corrected chi connectivity index (χ4v) is 1.44. The SMILES string of the molecule is C/C=C/[C@@H]1CCC[C@H]1O. The van der Waals surface area contributed by atoms with Crippen LogP contribution in [0.5, 0.6) is 0 Å². The van der Waals surface area contributed by atoms with Gasteiger partial charge in [0, 0.05) is 5.92 Å². The Balaban J connectivity index is 2.39. The van der Waals surface area contributed by atoms with E-state index < -0.39 is 0 Å². The van der Waals surface area contributed by atoms with Crippen LogP contribution in [0.25, 0.3) is 0 Å². The first-order valence-corrected chi connectivity index (χ1v) is 3.65. The van der Waals surface area contributed by atoms with Crippen molar-refractivity contribution in [2.45, 2.75) is 32.3 Å². The first-order chi connectivity index (χ1) is 4.34. The predicted molar refractivity (Wildman–Crippen MR) is 38.2 cm³/mol. The Kier molecular flexibility index (Phi) is 2.29. The number of hydrogen-bond acceptors (Lipinski definition) is 1. The quantitative estimate of drug-likeness (QED) is 0.530. The van der Waals surface area contributed by atoms with Crippen LogP contribution in [-0.4, -0.2) is 11.2 Å². The van der Waals surface area contributed by atoms with Crippen molar-refractivity contribution in [3.05, 3.63) is 12.2 Å². The van der Waals surface area contributed by atoms with Crippen LogP contribution in [0, 0.1) is 5.92 Å². The summed E-state index contributed by atoms with van der Waals surface area (Å²) in [5, 5.41) is 9.27. The maximum Gasteiger partial charge on any atom is 0.0602 e. The molecule has 1 fully saturated rings. The molecule has 0 radical (unpaired) electrons. The van der Waals surface area contributed by atoms with Gasteiger partial charge in [-0.3, -0.25) is 0 Å². The van der Waals surface area contributed by atoms with E-state index >= 15 is 0 Å². The normalized spacial score (nSPS) is 36.2. The molecule has 52 valence electrons. The van der Waals surface area contributed by atoms with Gasteiger partial charge in [-0.1, -0.05) is 18.6 Å². The van der Waals surface area contributed by atoms with Gasteiger partial charge in [-0.2, -0.15) is 0 Å². The monoisotopic (exact) mass is 126 g/mol. The molecule has 0 spiro atoms. The van der Waals surface area contributed by atoms with Crippen LogP contribution < -0.4 is 0 Å². The van der Waals surface area contributed by atoms with Crippen molar-refractivity contribution in [1.29, 1.82) is 0 Å². The van der Waals surface area contributed by atoms with Crippen molar-refractivity contribution in [3.8, 4) is 0 Å². The molecular formula is C8H14O. The average Bonchev–Trinajstić information content (AvgIpc) is 2.18. The Morgan fingerprint density at radius 3 is 2.67 bits per heavy atom. The van der Waals surface area contributed by atoms with Gasteiger partial charge in [0.15, 0.2) is 0 Å². The van der Waals surface area contributed by atoms with E-state index in [0.29, 0.717) is 5.92 Å². The van der Waals surface area contributed by atoms with E-state index in [-0.39, 0.29) is 6.10 Å². The second-order valence-electron chi connectivity index (χ2n) is 2.69. The van der Waals surface area contributed by atoms with Crippen molar-refractivity contribution in [2.24, 2.45) is 5.92 Å². The molecule has 0 bridgehead atoms. The average molecular weight is 126 g/mol. The van der Waals surface area contributed by atoms with Crippen LogP contribution in [0.4, 0.5) is 0 Å². The van der Waals surface area contributed by atoms with Gasteiger partial charge in [0.05, 0.1) is 6.10 Å². The number of aliphatic hydroxyl groups excluding tert-OH is 1. The molecule has 0 aliphatic heterocycles. The molecule has 1 N–H and O–H groups in total. The molecule has 0 aromatic carbocycles. The van der Waals surface area contributed by atoms with Crippen LogP contribution in [0.3, 0.4) is 0 Å². The van der Waals surface area contributed by atoms with E-state index in [9.17, 15) is 5.11 Å². The molecule has 0 saturated heterocycles. The molecule has 2 atom stereocenters. The van der Waals surface area contributed by atoms with Crippen molar-refractivity contribution in [1.82, 2.24) is 0 Å². The molecule has 0 unspecified atom stereocenters. The molecule has 1 heteroatoms. The second-order valence-corrected chi connectivity index (χ2v) is 2.69. The van der Waals surface area contributed by atoms with Crippen molar-refractivity contribution < 1.29 is 5.11 Å². The Hall–Kier alpha value is -0.300. The van der Waals surface area contributed by atoms with Crippen LogP contribution in [0.1, 0.15) is 26.2 Å². The summed E-state index contributed by atoms with van der Waals surface area (Å²) < 4.78 is 0. The molecular weight excluding hydrogens is 112 g/mol. The molecule has 1 nitrogen and oxygen atoms in total. The third kappa shape index (κ3) is 1.55. The fourth-order valence-electron chi connectivity index (χ4n) is 1.44. The molecule has 1 saturated carbocycles. The highest BCUT2D eigenvalue weighted by Gasteiger charge is 2.21. The van der Waals surface area contributed by atoms with Gasteiger partial charge < -0.3 is 5.11 Å². The van der Waals surface area contributed by atoms with Crippen LogP contribution in [0.15, 0.2) is 12.2 Å². The molecule has 0 heterocycles. The summed E-state index contributed by atoms with van der Waals surface area (Å²) in [6.45, 7) is 2.00. The van der Waals surface area contributed by atoms with Crippen molar-refractivity contribution in [3.63, 3.8) is 0 Å². The lowest BCUT2D eigenvalue weighted by Crippen LogP contribution is -2.09. The van der Waals surface area contributed by atoms with Crippen LogP contribution in [0.2, 0.25) is 0 Å². The van der Waals surface area contributed by atoms with E-state index in [1.54, 1.807) is 0 Å². The minimum absolute atomic E-state index is 0.0544. The standard InChI is InChI=1S/C8H14O/c1-2-4-7-5-3-6-8(7)9/h2,4,7-9H,3,5-6H2,1H3/b4-2+/t7-,8-/m1/s1. The molecule has 0 aromatic rings. The van der Waals surface area contributed by atoms with Crippen LogP contribution >= 0.6 is 0 Å². The topological polar surface area (TPSA) is 20.2 Å². The lowest BCUT2D eigenvalue weighted by Gasteiger charge is -2.06. The van der Waals surface area contributed by atoms with E-state index in [1.807, 2.05) is 13.0 Å². The third-order valence-corrected chi connectivity index (χ3v) is 1.97. The Labute approximate surface area is 56.4 Å². The van der Waals surface area contributed by atoms with Gasteiger partial charge in [0.2, 0.25) is 0 Å². The lowest BCUT2D eigenvalue weighted by atomic mass is 10.1. The summed E-state index contributed by atoms with van der Waals surface area (Å²) in [6, 6.07) is 0. The Bertz CT molecular complexity index is 107. The van der Waals surface area contributed by atoms with Crippen LogP contribution in [-0.2, 0) is 0 Å². The molecule has 9 heavy (non-hydrogen) atoms. The predicted octanol–water partition coefficient (Wildman–Crippen LogP) is 1.72. The van der Waals surface area contributed by atoms with E-state index in [0.717, 1.165) is 6.42 Å². The first-order valence-electron chi connectivity index (χ1n) is 3.65. The van der Waals surface area contributed by atoms with Crippen molar-refractivity contribution in [2.75, 3.05) is 0 Å². The molecule has 0 aromatic heterocycles. The largest absolute Gasteiger partial charge is 0.393 e. The van der Waals surface area contributed by atoms with Gasteiger partial charge in [-0.25, -0.2) is 0 Å². The van der Waals surface area contributed by atoms with E-state index in [1.165, 1.54) is 12.8 Å². The first kappa shape index (κ1) is 6.81. The maximum absolute atomic E-state index is 9.27. The van der Waals surface area contributed by atoms with Gasteiger partial charge in [-0.15, -0.1) is 0 Å². The minimum atomic E-state index is -0.0544. The number of aliphatic hydroxyl groups is 1. The second kappa shape index (κ2) is 3.02. The van der Waals surface area contributed by atoms with Gasteiger partial charge in [-0.05, 0) is 19.8 Å². The van der Waals surface area contributed by atoms with E-state index in [2.05, 4.69) is 6.08 Å². The lowest BCUT2D eigenvalue weighted by molar-refractivity contribution is 0.153. The molecule has 1 aliphatic carbocycles. The molecule has 0 amide bonds. The zero-order valence-electron chi connectivity index (χ0n) is 5.88. The zero-order chi connectivity index (χ0) is 6.69. The van der Waals surface area contributed by atoms with Crippen molar-refractivity contribution >= 4 is 0 Å². The summed E-state index contributed by atoms with van der Waals surface area (Å²) in [7, 11) is 0. The molecule has 1 aliphatic rings. The summed E-state index contributed by atoms with van der Waals surface area (Å²) in [5.74, 6) is 0.454. The zero-order valence-corrected chi connectivity index (χ0v) is 5.88. The van der Waals surface area contributed by atoms with E-state index in [4.69, 9.17) is 0 Å². The molecule has 1 rings (SSSR count). The summed E-state index contributed by atoms with van der Waals surface area (Å²) in [6.07, 6.45) is 7.44. The number of hydrogen-bond donors (Lipinski definition) is 1. The Morgan fingerprint density at radius 1 is 1.44 bits per heavy atom. The fraction of sp³-hybridized carbons (Fsp3) is 0.750. The highest BCUT2D eigenvalue weighted by molar-refractivity contribution is 4.93. The summed E-state index contributed by atoms with van der Waals surface area (Å²) >= 11 is 0. The maximum atomic E-state index is 9.27. The third-order valence-electron chi connectivity index (χ3n) is 1.97. The minimum Gasteiger partial charge on any atom is -0.393 e. The smallest absolute Gasteiger partial charge is 0.0602 e.